The topological polar surface area (TPSA) is 12.0 Å². The molecule has 0 spiro atoms. The van der Waals surface area contributed by atoms with E-state index in [1.54, 1.807) is 0 Å². The van der Waals surface area contributed by atoms with E-state index >= 15 is 0 Å². The summed E-state index contributed by atoms with van der Waals surface area (Å²) < 4.78 is 0. The first-order valence-corrected chi connectivity index (χ1v) is 7.93. The van der Waals surface area contributed by atoms with Crippen LogP contribution in [0.5, 0.6) is 0 Å². The van der Waals surface area contributed by atoms with Crippen LogP contribution in [0.25, 0.3) is 10.8 Å². The van der Waals surface area contributed by atoms with Crippen molar-refractivity contribution in [2.45, 2.75) is 32.6 Å². The predicted molar refractivity (Wildman–Crippen MR) is 87.1 cm³/mol. The molecule has 0 aromatic heterocycles. The highest BCUT2D eigenvalue weighted by Crippen LogP contribution is 2.35. The van der Waals surface area contributed by atoms with Crippen molar-refractivity contribution < 1.29 is 0 Å². The number of benzene rings is 2. The van der Waals surface area contributed by atoms with Crippen molar-refractivity contribution in [3.63, 3.8) is 0 Å². The van der Waals surface area contributed by atoms with E-state index in [9.17, 15) is 0 Å². The summed E-state index contributed by atoms with van der Waals surface area (Å²) in [6.45, 7) is 7.01. The molecule has 0 aliphatic carbocycles. The fourth-order valence-corrected chi connectivity index (χ4v) is 3.65. The molecule has 106 valence electrons. The monoisotopic (exact) mass is 267 g/mol. The van der Waals surface area contributed by atoms with E-state index in [1.807, 2.05) is 0 Å². The Morgan fingerprint density at radius 3 is 2.70 bits per heavy atom. The average Bonchev–Trinajstić information content (AvgIpc) is 2.47. The largest absolute Gasteiger partial charge is 0.316 e. The van der Waals surface area contributed by atoms with Gasteiger partial charge in [-0.05, 0) is 60.0 Å². The van der Waals surface area contributed by atoms with E-state index in [0.29, 0.717) is 0 Å². The third kappa shape index (κ3) is 2.88. The average molecular weight is 267 g/mol. The van der Waals surface area contributed by atoms with Gasteiger partial charge < -0.3 is 5.32 Å². The van der Waals surface area contributed by atoms with E-state index in [1.165, 1.54) is 35.7 Å². The maximum atomic E-state index is 3.58. The summed E-state index contributed by atoms with van der Waals surface area (Å²) in [6.07, 6.45) is 2.60. The van der Waals surface area contributed by atoms with Gasteiger partial charge >= 0.3 is 0 Å². The first-order valence-electron chi connectivity index (χ1n) is 7.93. The van der Waals surface area contributed by atoms with Crippen molar-refractivity contribution in [2.75, 3.05) is 13.1 Å². The van der Waals surface area contributed by atoms with Crippen molar-refractivity contribution in [1.82, 2.24) is 5.32 Å². The molecule has 0 saturated carbocycles. The van der Waals surface area contributed by atoms with Gasteiger partial charge in [-0.15, -0.1) is 0 Å². The molecular weight excluding hydrogens is 242 g/mol. The second-order valence-corrected chi connectivity index (χ2v) is 6.60. The van der Waals surface area contributed by atoms with Crippen LogP contribution in [0.15, 0.2) is 42.5 Å². The van der Waals surface area contributed by atoms with Gasteiger partial charge in [0.15, 0.2) is 0 Å². The zero-order valence-corrected chi connectivity index (χ0v) is 12.6. The third-order valence-electron chi connectivity index (χ3n) is 4.58. The number of fused-ring (bicyclic) bond motifs is 1. The Morgan fingerprint density at radius 2 is 1.90 bits per heavy atom. The lowest BCUT2D eigenvalue weighted by Crippen LogP contribution is -2.36. The maximum absolute atomic E-state index is 3.58. The summed E-state index contributed by atoms with van der Waals surface area (Å²) in [5, 5.41) is 6.31. The van der Waals surface area contributed by atoms with E-state index in [4.69, 9.17) is 0 Å². The number of piperidine rings is 1. The molecule has 2 unspecified atom stereocenters. The predicted octanol–water partition coefficient (Wildman–Crippen LogP) is 4.58. The molecule has 0 amide bonds. The molecule has 2 aromatic rings. The van der Waals surface area contributed by atoms with Crippen LogP contribution < -0.4 is 5.32 Å². The van der Waals surface area contributed by atoms with Gasteiger partial charge in [-0.2, -0.15) is 0 Å². The smallest absolute Gasteiger partial charge is 0.00146 e. The molecular formula is C19H25N. The van der Waals surface area contributed by atoms with E-state index in [2.05, 4.69) is 61.6 Å². The minimum atomic E-state index is 0.725. The van der Waals surface area contributed by atoms with Crippen LogP contribution in [-0.4, -0.2) is 13.1 Å². The maximum Gasteiger partial charge on any atom is -0.00146 e. The van der Waals surface area contributed by atoms with Crippen LogP contribution in [0, 0.1) is 11.8 Å². The molecule has 1 heterocycles. The second-order valence-electron chi connectivity index (χ2n) is 6.60. The number of hydrogen-bond donors (Lipinski definition) is 1. The Morgan fingerprint density at radius 1 is 1.10 bits per heavy atom. The van der Waals surface area contributed by atoms with Gasteiger partial charge in [0.05, 0.1) is 0 Å². The minimum absolute atomic E-state index is 0.725. The van der Waals surface area contributed by atoms with E-state index in [0.717, 1.165) is 24.3 Å². The Bertz CT molecular complexity index is 573. The molecule has 0 radical (unpaired) electrons. The van der Waals surface area contributed by atoms with Crippen LogP contribution in [0.3, 0.4) is 0 Å². The standard InChI is InChI=1S/C19H25N/c1-14(2)11-18-13-20-10-9-19(18)17-8-7-15-5-3-4-6-16(15)12-17/h3-8,12,14,18-20H,9-11,13H2,1-2H3. The number of rotatable bonds is 3. The van der Waals surface area contributed by atoms with Gasteiger partial charge in [0.1, 0.15) is 0 Å². The summed E-state index contributed by atoms with van der Waals surface area (Å²) >= 11 is 0. The highest BCUT2D eigenvalue weighted by molar-refractivity contribution is 5.83. The van der Waals surface area contributed by atoms with Gasteiger partial charge in [0.25, 0.3) is 0 Å². The van der Waals surface area contributed by atoms with Crippen molar-refractivity contribution >= 4 is 10.8 Å². The summed E-state index contributed by atoms with van der Waals surface area (Å²) in [6, 6.07) is 15.8. The molecule has 2 atom stereocenters. The molecule has 1 nitrogen and oxygen atoms in total. The van der Waals surface area contributed by atoms with Gasteiger partial charge in [0, 0.05) is 0 Å². The fraction of sp³-hybridized carbons (Fsp3) is 0.474. The first kappa shape index (κ1) is 13.6. The zero-order chi connectivity index (χ0) is 13.9. The van der Waals surface area contributed by atoms with Crippen LogP contribution in [0.4, 0.5) is 0 Å². The van der Waals surface area contributed by atoms with Crippen molar-refractivity contribution in [2.24, 2.45) is 11.8 Å². The van der Waals surface area contributed by atoms with Gasteiger partial charge in [-0.25, -0.2) is 0 Å². The molecule has 1 aliphatic rings. The van der Waals surface area contributed by atoms with Crippen LogP contribution >= 0.6 is 0 Å². The van der Waals surface area contributed by atoms with Crippen molar-refractivity contribution in [3.05, 3.63) is 48.0 Å². The first-order chi connectivity index (χ1) is 9.74. The fourth-order valence-electron chi connectivity index (χ4n) is 3.65. The van der Waals surface area contributed by atoms with Crippen LogP contribution in [0.2, 0.25) is 0 Å². The number of nitrogens with one attached hydrogen (secondary N) is 1. The van der Waals surface area contributed by atoms with E-state index < -0.39 is 0 Å². The van der Waals surface area contributed by atoms with E-state index in [-0.39, 0.29) is 0 Å². The van der Waals surface area contributed by atoms with Crippen molar-refractivity contribution in [3.8, 4) is 0 Å². The van der Waals surface area contributed by atoms with Gasteiger partial charge in [-0.1, -0.05) is 56.3 Å². The number of hydrogen-bond acceptors (Lipinski definition) is 1. The molecule has 1 aliphatic heterocycles. The Labute approximate surface area is 122 Å². The highest BCUT2D eigenvalue weighted by atomic mass is 14.9. The SMILES string of the molecule is CC(C)CC1CNCCC1c1ccc2ccccc2c1. The summed E-state index contributed by atoms with van der Waals surface area (Å²) in [7, 11) is 0. The molecule has 20 heavy (non-hydrogen) atoms. The molecule has 1 fully saturated rings. The lowest BCUT2D eigenvalue weighted by atomic mass is 9.77. The second kappa shape index (κ2) is 5.97. The lowest BCUT2D eigenvalue weighted by molar-refractivity contribution is 0.280. The Hall–Kier alpha value is -1.34. The molecule has 2 aromatic carbocycles. The summed E-state index contributed by atoms with van der Waals surface area (Å²) in [5.74, 6) is 2.29. The molecule has 1 saturated heterocycles. The zero-order valence-electron chi connectivity index (χ0n) is 12.6. The normalized spacial score (nSPS) is 23.4. The molecule has 3 rings (SSSR count). The summed E-state index contributed by atoms with van der Waals surface area (Å²) in [4.78, 5) is 0. The van der Waals surface area contributed by atoms with Gasteiger partial charge in [0.2, 0.25) is 0 Å². The highest BCUT2D eigenvalue weighted by Gasteiger charge is 2.26. The minimum Gasteiger partial charge on any atom is -0.316 e. The Kier molecular flexibility index (Phi) is 4.07. The van der Waals surface area contributed by atoms with Crippen LogP contribution in [0.1, 0.15) is 38.2 Å². The summed E-state index contributed by atoms with van der Waals surface area (Å²) in [5.41, 5.74) is 1.54. The quantitative estimate of drug-likeness (QED) is 0.858. The third-order valence-corrected chi connectivity index (χ3v) is 4.58. The lowest BCUT2D eigenvalue weighted by Gasteiger charge is -2.34. The van der Waals surface area contributed by atoms with Crippen LogP contribution in [-0.2, 0) is 0 Å². The van der Waals surface area contributed by atoms with Crippen molar-refractivity contribution in [1.29, 1.82) is 0 Å². The molecule has 1 heteroatoms. The molecule has 0 bridgehead atoms. The Balaban J connectivity index is 1.90. The molecule has 1 N–H and O–H groups in total. The van der Waals surface area contributed by atoms with Gasteiger partial charge in [-0.3, -0.25) is 0 Å².